The molecule has 1 amide bonds. The lowest BCUT2D eigenvalue weighted by molar-refractivity contribution is -0.142. The summed E-state index contributed by atoms with van der Waals surface area (Å²) >= 11 is 0. The quantitative estimate of drug-likeness (QED) is 0.827. The number of rotatable bonds is 5. The van der Waals surface area contributed by atoms with Crippen molar-refractivity contribution < 1.29 is 18.4 Å². The highest BCUT2D eigenvalue weighted by molar-refractivity contribution is 5.78. The van der Waals surface area contributed by atoms with Gasteiger partial charge in [-0.05, 0) is 57.4 Å². The van der Waals surface area contributed by atoms with E-state index >= 15 is 0 Å². The second-order valence-electron chi connectivity index (χ2n) is 6.61. The molecule has 1 aromatic carbocycles. The van der Waals surface area contributed by atoms with Gasteiger partial charge in [0.15, 0.2) is 5.76 Å². The van der Waals surface area contributed by atoms with E-state index in [0.29, 0.717) is 11.5 Å². The summed E-state index contributed by atoms with van der Waals surface area (Å²) in [6.45, 7) is 4.40. The van der Waals surface area contributed by atoms with E-state index in [4.69, 9.17) is 9.26 Å². The van der Waals surface area contributed by atoms with Crippen LogP contribution < -0.4 is 0 Å². The molecular weight excluding hydrogens is 323 g/mol. The molecule has 2 heterocycles. The van der Waals surface area contributed by atoms with Crippen LogP contribution >= 0.6 is 0 Å². The molecule has 25 heavy (non-hydrogen) atoms. The van der Waals surface area contributed by atoms with Crippen LogP contribution in [0.15, 0.2) is 34.9 Å². The SMILES string of the molecule is CC1CCCC(C)N1C(=O)COCc1cc(-c2ccc(F)cc2)on1. The van der Waals surface area contributed by atoms with Crippen LogP contribution in [0.4, 0.5) is 4.39 Å². The van der Waals surface area contributed by atoms with E-state index in [1.54, 1.807) is 18.2 Å². The zero-order valence-electron chi connectivity index (χ0n) is 14.6. The summed E-state index contributed by atoms with van der Waals surface area (Å²) in [7, 11) is 0. The lowest BCUT2D eigenvalue weighted by atomic mass is 9.97. The Morgan fingerprint density at radius 2 is 1.96 bits per heavy atom. The summed E-state index contributed by atoms with van der Waals surface area (Å²) in [6.07, 6.45) is 3.25. The Bertz CT molecular complexity index is 704. The Kier molecular flexibility index (Phi) is 5.48. The van der Waals surface area contributed by atoms with E-state index in [9.17, 15) is 9.18 Å². The molecule has 0 N–H and O–H groups in total. The Morgan fingerprint density at radius 3 is 2.64 bits per heavy atom. The van der Waals surface area contributed by atoms with E-state index < -0.39 is 0 Å². The van der Waals surface area contributed by atoms with Crippen LogP contribution in [0.2, 0.25) is 0 Å². The van der Waals surface area contributed by atoms with Crippen LogP contribution in [0.3, 0.4) is 0 Å². The van der Waals surface area contributed by atoms with E-state index in [0.717, 1.165) is 24.8 Å². The van der Waals surface area contributed by atoms with Crippen molar-refractivity contribution in [3.8, 4) is 11.3 Å². The summed E-state index contributed by atoms with van der Waals surface area (Å²) in [4.78, 5) is 14.3. The average molecular weight is 346 g/mol. The number of carbonyl (C=O) groups excluding carboxylic acids is 1. The molecule has 134 valence electrons. The molecule has 0 aliphatic carbocycles. The van der Waals surface area contributed by atoms with Gasteiger partial charge in [-0.1, -0.05) is 5.16 Å². The van der Waals surface area contributed by atoms with Crippen LogP contribution in [0.1, 0.15) is 38.8 Å². The number of aromatic nitrogens is 1. The van der Waals surface area contributed by atoms with Crippen molar-refractivity contribution in [3.63, 3.8) is 0 Å². The van der Waals surface area contributed by atoms with Crippen LogP contribution in [-0.2, 0) is 16.1 Å². The van der Waals surface area contributed by atoms with Gasteiger partial charge in [-0.25, -0.2) is 4.39 Å². The Morgan fingerprint density at radius 1 is 1.28 bits per heavy atom. The maximum absolute atomic E-state index is 13.0. The molecule has 1 aromatic heterocycles. The molecule has 6 heteroatoms. The van der Waals surface area contributed by atoms with Gasteiger partial charge in [0.2, 0.25) is 5.91 Å². The van der Waals surface area contributed by atoms with E-state index in [1.807, 2.05) is 4.90 Å². The minimum atomic E-state index is -0.300. The highest BCUT2D eigenvalue weighted by atomic mass is 19.1. The number of likely N-dealkylation sites (tertiary alicyclic amines) is 1. The first-order valence-corrected chi connectivity index (χ1v) is 8.65. The van der Waals surface area contributed by atoms with Crippen molar-refractivity contribution in [2.24, 2.45) is 0 Å². The van der Waals surface area contributed by atoms with E-state index in [-0.39, 0.29) is 37.0 Å². The number of hydrogen-bond donors (Lipinski definition) is 0. The molecule has 1 fully saturated rings. The largest absolute Gasteiger partial charge is 0.365 e. The number of carbonyl (C=O) groups is 1. The van der Waals surface area contributed by atoms with Gasteiger partial charge in [-0.2, -0.15) is 0 Å². The van der Waals surface area contributed by atoms with E-state index in [1.165, 1.54) is 12.1 Å². The summed E-state index contributed by atoms with van der Waals surface area (Å²) in [5.74, 6) is 0.261. The lowest BCUT2D eigenvalue weighted by Crippen LogP contribution is -2.48. The molecule has 0 saturated carbocycles. The van der Waals surface area contributed by atoms with E-state index in [2.05, 4.69) is 19.0 Å². The average Bonchev–Trinajstić information content (AvgIpc) is 3.04. The fourth-order valence-electron chi connectivity index (χ4n) is 3.36. The van der Waals surface area contributed by atoms with Gasteiger partial charge in [0.1, 0.15) is 18.1 Å². The third-order valence-corrected chi connectivity index (χ3v) is 4.64. The van der Waals surface area contributed by atoms with Gasteiger partial charge in [0, 0.05) is 23.7 Å². The smallest absolute Gasteiger partial charge is 0.249 e. The Balaban J connectivity index is 1.52. The van der Waals surface area contributed by atoms with Crippen molar-refractivity contribution in [2.45, 2.75) is 51.8 Å². The molecule has 0 bridgehead atoms. The molecule has 0 radical (unpaired) electrons. The first-order valence-electron chi connectivity index (χ1n) is 8.65. The predicted molar refractivity (Wildman–Crippen MR) is 91.2 cm³/mol. The summed E-state index contributed by atoms with van der Waals surface area (Å²) in [5, 5.41) is 3.94. The maximum Gasteiger partial charge on any atom is 0.249 e. The van der Waals surface area contributed by atoms with Crippen molar-refractivity contribution in [1.82, 2.24) is 10.1 Å². The molecule has 2 unspecified atom stereocenters. The molecule has 2 atom stereocenters. The summed E-state index contributed by atoms with van der Waals surface area (Å²) in [5.41, 5.74) is 1.35. The van der Waals surface area contributed by atoms with Crippen LogP contribution in [0, 0.1) is 5.82 Å². The number of amides is 1. The lowest BCUT2D eigenvalue weighted by Gasteiger charge is -2.39. The Labute approximate surface area is 146 Å². The minimum absolute atomic E-state index is 0.0157. The first kappa shape index (κ1) is 17.6. The molecule has 1 aliphatic heterocycles. The minimum Gasteiger partial charge on any atom is -0.365 e. The highest BCUT2D eigenvalue weighted by Gasteiger charge is 2.28. The van der Waals surface area contributed by atoms with Gasteiger partial charge in [-0.3, -0.25) is 4.79 Å². The molecule has 1 aliphatic rings. The van der Waals surface area contributed by atoms with Crippen molar-refractivity contribution in [1.29, 1.82) is 0 Å². The molecule has 1 saturated heterocycles. The van der Waals surface area contributed by atoms with Crippen LogP contribution in [0.5, 0.6) is 0 Å². The Hall–Kier alpha value is -2.21. The fourth-order valence-corrected chi connectivity index (χ4v) is 3.36. The highest BCUT2D eigenvalue weighted by Crippen LogP contribution is 2.23. The van der Waals surface area contributed by atoms with Crippen molar-refractivity contribution in [3.05, 3.63) is 41.8 Å². The number of benzene rings is 1. The molecule has 2 aromatic rings. The van der Waals surface area contributed by atoms with Gasteiger partial charge in [0.25, 0.3) is 0 Å². The third-order valence-electron chi connectivity index (χ3n) is 4.64. The topological polar surface area (TPSA) is 55.6 Å². The second-order valence-corrected chi connectivity index (χ2v) is 6.61. The number of hydrogen-bond acceptors (Lipinski definition) is 4. The first-order chi connectivity index (χ1) is 12.0. The van der Waals surface area contributed by atoms with Crippen molar-refractivity contribution >= 4 is 5.91 Å². The molecule has 3 rings (SSSR count). The van der Waals surface area contributed by atoms with Crippen molar-refractivity contribution in [2.75, 3.05) is 6.61 Å². The maximum atomic E-state index is 13.0. The summed E-state index contributed by atoms with van der Waals surface area (Å²) in [6, 6.07) is 8.26. The molecular formula is C19H23FN2O3. The number of halogens is 1. The van der Waals surface area contributed by atoms with Gasteiger partial charge in [0.05, 0.1) is 6.61 Å². The second kappa shape index (κ2) is 7.78. The number of ether oxygens (including phenoxy) is 1. The standard InChI is InChI=1S/C19H23FN2O3/c1-13-4-3-5-14(2)22(13)19(23)12-24-11-17-10-18(25-21-17)15-6-8-16(20)9-7-15/h6-10,13-14H,3-5,11-12H2,1-2H3. The van der Waals surface area contributed by atoms with Gasteiger partial charge in [-0.15, -0.1) is 0 Å². The normalized spacial score (nSPS) is 20.7. The van der Waals surface area contributed by atoms with Gasteiger partial charge < -0.3 is 14.2 Å². The monoisotopic (exact) mass is 346 g/mol. The summed E-state index contributed by atoms with van der Waals surface area (Å²) < 4.78 is 23.7. The van der Waals surface area contributed by atoms with Crippen LogP contribution in [0.25, 0.3) is 11.3 Å². The third kappa shape index (κ3) is 4.25. The molecule has 0 spiro atoms. The van der Waals surface area contributed by atoms with Gasteiger partial charge >= 0.3 is 0 Å². The number of nitrogens with zero attached hydrogens (tertiary/aromatic N) is 2. The predicted octanol–water partition coefficient (Wildman–Crippen LogP) is 3.79. The zero-order valence-corrected chi connectivity index (χ0v) is 14.6. The fraction of sp³-hybridized carbons (Fsp3) is 0.474. The number of piperidine rings is 1. The molecule has 5 nitrogen and oxygen atoms in total. The van der Waals surface area contributed by atoms with Crippen LogP contribution in [-0.4, -0.2) is 34.7 Å². The zero-order chi connectivity index (χ0) is 17.8.